The van der Waals surface area contributed by atoms with Crippen LogP contribution in [0.15, 0.2) is 48.3 Å². The number of aliphatic hydroxyl groups excluding tert-OH is 1. The number of rotatable bonds is 4. The van der Waals surface area contributed by atoms with Crippen molar-refractivity contribution in [1.29, 1.82) is 0 Å². The molecule has 2 aromatic rings. The number of carbonyl (C=O) groups excluding carboxylic acids is 2. The molecule has 7 nitrogen and oxygen atoms in total. The molecule has 0 saturated heterocycles. The van der Waals surface area contributed by atoms with Crippen LogP contribution in [0.5, 0.6) is 5.88 Å². The number of fused-ring (bicyclic) bond motifs is 6. The van der Waals surface area contributed by atoms with Crippen LogP contribution in [0.4, 0.5) is 0 Å². The minimum absolute atomic E-state index is 0.00233. The highest BCUT2D eigenvalue weighted by Gasteiger charge is 2.68. The molecular weight excluding hydrogens is 504 g/mol. The Balaban J connectivity index is 1.28. The van der Waals surface area contributed by atoms with E-state index in [0.29, 0.717) is 35.2 Å². The summed E-state index contributed by atoms with van der Waals surface area (Å²) in [5.41, 5.74) is -1.10. The Morgan fingerprint density at radius 2 is 2.05 bits per heavy atom. The minimum Gasteiger partial charge on any atom is -0.469 e. The van der Waals surface area contributed by atoms with Gasteiger partial charge in [-0.3, -0.25) is 9.59 Å². The van der Waals surface area contributed by atoms with Gasteiger partial charge in [-0.2, -0.15) is 0 Å². The molecule has 38 heavy (non-hydrogen) atoms. The summed E-state index contributed by atoms with van der Waals surface area (Å²) in [6.45, 7) is 5.89. The van der Waals surface area contributed by atoms with Gasteiger partial charge >= 0.3 is 0 Å². The van der Waals surface area contributed by atoms with E-state index in [-0.39, 0.29) is 41.9 Å². The summed E-state index contributed by atoms with van der Waals surface area (Å²) in [5.74, 6) is 0.126. The number of hydrogen-bond acceptors (Lipinski definition) is 7. The molecule has 1 heterocycles. The molecule has 0 radical (unpaired) electrons. The Labute approximate surface area is 227 Å². The summed E-state index contributed by atoms with van der Waals surface area (Å²) in [4.78, 5) is 34.3. The molecule has 4 aliphatic rings. The van der Waals surface area contributed by atoms with Gasteiger partial charge in [0.05, 0.1) is 17.0 Å². The molecule has 8 heteroatoms. The Morgan fingerprint density at radius 1 is 1.26 bits per heavy atom. The van der Waals surface area contributed by atoms with Gasteiger partial charge in [0, 0.05) is 21.8 Å². The molecule has 0 bridgehead atoms. The fraction of sp³-hybridized carbons (Fsp3) is 0.533. The zero-order valence-corrected chi connectivity index (χ0v) is 22.6. The largest absolute Gasteiger partial charge is 0.469 e. The smallest absolute Gasteiger partial charge is 0.224 e. The molecule has 2 N–H and O–H groups in total. The van der Waals surface area contributed by atoms with Gasteiger partial charge in [0.15, 0.2) is 12.4 Å². The quantitative estimate of drug-likeness (QED) is 0.592. The fourth-order valence-electron chi connectivity index (χ4n) is 8.59. The summed E-state index contributed by atoms with van der Waals surface area (Å²) in [6.07, 6.45) is 8.15. The number of ketones is 2. The lowest BCUT2D eigenvalue weighted by molar-refractivity contribution is -0.179. The van der Waals surface area contributed by atoms with Crippen molar-refractivity contribution in [1.82, 2.24) is 9.97 Å². The molecular formula is C30H33ClN2O5. The molecule has 3 saturated carbocycles. The Hall–Kier alpha value is -2.61. The number of aliphatic hydroxyl groups is 2. The summed E-state index contributed by atoms with van der Waals surface area (Å²) < 4.78 is 5.86. The number of Topliss-reactive ketones (excluding diaryl/α,β-unsaturated/α-hetero) is 1. The van der Waals surface area contributed by atoms with Crippen LogP contribution in [0.25, 0.3) is 10.9 Å². The third-order valence-electron chi connectivity index (χ3n) is 10.3. The summed E-state index contributed by atoms with van der Waals surface area (Å²) >= 11 is 6.15. The molecule has 4 aliphatic carbocycles. The van der Waals surface area contributed by atoms with Gasteiger partial charge in [-0.1, -0.05) is 44.0 Å². The third-order valence-corrected chi connectivity index (χ3v) is 10.6. The number of aromatic nitrogens is 2. The number of ether oxygens (including phenoxy) is 1. The number of hydrogen-bond donors (Lipinski definition) is 2. The molecule has 200 valence electrons. The van der Waals surface area contributed by atoms with Gasteiger partial charge in [0.1, 0.15) is 11.9 Å². The Kier molecular flexibility index (Phi) is 5.87. The molecule has 0 amide bonds. The van der Waals surface area contributed by atoms with E-state index in [4.69, 9.17) is 16.3 Å². The lowest BCUT2D eigenvalue weighted by Gasteiger charge is -2.60. The number of allylic oxidation sites excluding steroid dienone is 4. The first-order chi connectivity index (χ1) is 18.0. The SMILES string of the molecule is C[C@H]1CC2C([C@@H](O)CC3(C)C2CC[C@]3(O)C(=O)COc2ncnc3ccc(Cl)cc23)C2(C)C=CC(=O)C=C12. The maximum absolute atomic E-state index is 13.7. The van der Waals surface area contributed by atoms with Gasteiger partial charge in [0.2, 0.25) is 11.7 Å². The summed E-state index contributed by atoms with van der Waals surface area (Å²) in [6, 6.07) is 5.17. The molecule has 0 spiro atoms. The van der Waals surface area contributed by atoms with Crippen molar-refractivity contribution in [3.63, 3.8) is 0 Å². The highest BCUT2D eigenvalue weighted by Crippen LogP contribution is 2.67. The first-order valence-electron chi connectivity index (χ1n) is 13.4. The van der Waals surface area contributed by atoms with Crippen LogP contribution in [-0.2, 0) is 9.59 Å². The van der Waals surface area contributed by atoms with E-state index in [0.717, 1.165) is 12.0 Å². The fourth-order valence-corrected chi connectivity index (χ4v) is 8.76. The first-order valence-corrected chi connectivity index (χ1v) is 13.8. The van der Waals surface area contributed by atoms with Crippen molar-refractivity contribution in [2.75, 3.05) is 6.61 Å². The molecule has 6 rings (SSSR count). The van der Waals surface area contributed by atoms with Crippen LogP contribution in [0, 0.1) is 34.5 Å². The van der Waals surface area contributed by atoms with Crippen LogP contribution < -0.4 is 4.74 Å². The van der Waals surface area contributed by atoms with E-state index in [1.54, 1.807) is 30.4 Å². The number of halogens is 1. The zero-order chi connectivity index (χ0) is 27.0. The van der Waals surface area contributed by atoms with E-state index in [9.17, 15) is 19.8 Å². The van der Waals surface area contributed by atoms with Crippen LogP contribution in [-0.4, -0.2) is 50.1 Å². The highest BCUT2D eigenvalue weighted by atomic mass is 35.5. The number of carbonyl (C=O) groups is 2. The summed E-state index contributed by atoms with van der Waals surface area (Å²) in [5, 5.41) is 24.7. The van der Waals surface area contributed by atoms with Gasteiger partial charge < -0.3 is 14.9 Å². The lowest BCUT2D eigenvalue weighted by atomic mass is 9.45. The van der Waals surface area contributed by atoms with E-state index < -0.39 is 28.3 Å². The second kappa shape index (κ2) is 8.70. The molecule has 1 aromatic heterocycles. The van der Waals surface area contributed by atoms with Crippen molar-refractivity contribution < 1.29 is 24.5 Å². The maximum Gasteiger partial charge on any atom is 0.224 e. The van der Waals surface area contributed by atoms with Crippen molar-refractivity contribution in [3.05, 3.63) is 53.4 Å². The van der Waals surface area contributed by atoms with Crippen molar-refractivity contribution in [2.24, 2.45) is 34.5 Å². The predicted molar refractivity (Wildman–Crippen MR) is 143 cm³/mol. The second-order valence-electron chi connectivity index (χ2n) is 12.2. The van der Waals surface area contributed by atoms with Crippen LogP contribution in [0.2, 0.25) is 5.02 Å². The molecule has 5 unspecified atom stereocenters. The van der Waals surface area contributed by atoms with Crippen molar-refractivity contribution in [2.45, 2.75) is 58.2 Å². The minimum atomic E-state index is -1.62. The Bertz CT molecular complexity index is 1410. The Morgan fingerprint density at radius 3 is 2.84 bits per heavy atom. The van der Waals surface area contributed by atoms with E-state index >= 15 is 0 Å². The van der Waals surface area contributed by atoms with Crippen LogP contribution >= 0.6 is 11.6 Å². The zero-order valence-electron chi connectivity index (χ0n) is 21.9. The monoisotopic (exact) mass is 536 g/mol. The normalized spacial score (nSPS) is 39.8. The first kappa shape index (κ1) is 25.7. The topological polar surface area (TPSA) is 110 Å². The maximum atomic E-state index is 13.7. The predicted octanol–water partition coefficient (Wildman–Crippen LogP) is 4.49. The third kappa shape index (κ3) is 3.55. The van der Waals surface area contributed by atoms with Gasteiger partial charge in [-0.25, -0.2) is 9.97 Å². The summed E-state index contributed by atoms with van der Waals surface area (Å²) in [7, 11) is 0. The van der Waals surface area contributed by atoms with Crippen molar-refractivity contribution >= 4 is 34.1 Å². The average Bonchev–Trinajstić information content (AvgIpc) is 3.14. The lowest BCUT2D eigenvalue weighted by Crippen LogP contribution is -2.62. The average molecular weight is 537 g/mol. The van der Waals surface area contributed by atoms with E-state index in [1.165, 1.54) is 6.33 Å². The molecule has 1 aromatic carbocycles. The van der Waals surface area contributed by atoms with E-state index in [1.807, 2.05) is 13.0 Å². The van der Waals surface area contributed by atoms with Crippen LogP contribution in [0.1, 0.15) is 46.5 Å². The van der Waals surface area contributed by atoms with E-state index in [2.05, 4.69) is 23.8 Å². The van der Waals surface area contributed by atoms with Gasteiger partial charge in [0.25, 0.3) is 0 Å². The molecule has 0 aliphatic heterocycles. The second-order valence-corrected chi connectivity index (χ2v) is 12.6. The van der Waals surface area contributed by atoms with Gasteiger partial charge in [-0.15, -0.1) is 0 Å². The molecule has 8 atom stereocenters. The highest BCUT2D eigenvalue weighted by molar-refractivity contribution is 6.31. The standard InChI is InChI=1S/C30H33ClN2O5/c1-16-10-19-21-7-9-30(37,25(36)14-38-27-20-11-17(31)4-5-23(20)32-15-33-27)29(21,3)13-24(35)26(19)28(2)8-6-18(34)12-22(16)28/h4-6,8,11-12,15-16,19,21,24,26,35,37H,7,9-10,13-14H2,1-3H3/t16-,19?,21?,24-,26?,28?,29?,30-/m0/s1. The van der Waals surface area contributed by atoms with Crippen molar-refractivity contribution in [3.8, 4) is 5.88 Å². The molecule has 3 fully saturated rings. The number of benzene rings is 1. The number of nitrogens with zero attached hydrogens (tertiary/aromatic N) is 2. The van der Waals surface area contributed by atoms with Gasteiger partial charge in [-0.05, 0) is 73.8 Å². The van der Waals surface area contributed by atoms with Crippen LogP contribution in [0.3, 0.4) is 0 Å².